The first-order chi connectivity index (χ1) is 9.17. The van der Waals surface area contributed by atoms with Gasteiger partial charge in [0.05, 0.1) is 0 Å². The lowest BCUT2D eigenvalue weighted by atomic mass is 10.1. The molecule has 19 heavy (non-hydrogen) atoms. The fraction of sp³-hybridized carbons (Fsp3) is 0.533. The smallest absolute Gasteiger partial charge is 0.121 e. The Labute approximate surface area is 120 Å². The van der Waals surface area contributed by atoms with Crippen molar-refractivity contribution in [2.45, 2.75) is 18.6 Å². The number of carbonyl (C=O) groups is 1. The molecule has 1 atom stereocenters. The first kappa shape index (κ1) is 16.1. The highest BCUT2D eigenvalue weighted by atomic mass is 32.2. The minimum Gasteiger partial charge on any atom is -0.492 e. The number of ether oxygens (including phenoxy) is 1. The van der Waals surface area contributed by atoms with Crippen LogP contribution in [0.5, 0.6) is 5.75 Å². The van der Waals surface area contributed by atoms with Gasteiger partial charge in [0, 0.05) is 18.2 Å². The van der Waals surface area contributed by atoms with Crippen molar-refractivity contribution in [1.29, 1.82) is 0 Å². The first-order valence-electron chi connectivity index (χ1n) is 6.60. The van der Waals surface area contributed by atoms with Crippen molar-refractivity contribution >= 4 is 18.0 Å². The number of thioether (sulfide) groups is 1. The van der Waals surface area contributed by atoms with Gasteiger partial charge in [-0.15, -0.1) is 0 Å². The zero-order valence-corrected chi connectivity index (χ0v) is 12.8. The summed E-state index contributed by atoms with van der Waals surface area (Å²) in [6, 6.07) is 8.08. The molecule has 0 amide bonds. The lowest BCUT2D eigenvalue weighted by Gasteiger charge is -2.15. The second-order valence-corrected chi connectivity index (χ2v) is 6.05. The van der Waals surface area contributed by atoms with E-state index in [0.717, 1.165) is 24.3 Å². The highest BCUT2D eigenvalue weighted by Crippen LogP contribution is 2.31. The van der Waals surface area contributed by atoms with E-state index < -0.39 is 0 Å². The van der Waals surface area contributed by atoms with E-state index in [-0.39, 0.29) is 5.25 Å². The molecule has 1 unspecified atom stereocenters. The summed E-state index contributed by atoms with van der Waals surface area (Å²) in [4.78, 5) is 12.8. The van der Waals surface area contributed by atoms with Crippen molar-refractivity contribution in [3.63, 3.8) is 0 Å². The zero-order valence-electron chi connectivity index (χ0n) is 12.0. The van der Waals surface area contributed by atoms with Gasteiger partial charge >= 0.3 is 0 Å². The Hall–Kier alpha value is -1.00. The molecule has 106 valence electrons. The van der Waals surface area contributed by atoms with Crippen molar-refractivity contribution in [1.82, 2.24) is 4.90 Å². The quantitative estimate of drug-likeness (QED) is 0.651. The maximum atomic E-state index is 10.7. The molecule has 0 aromatic heterocycles. The molecule has 3 nitrogen and oxygen atoms in total. The van der Waals surface area contributed by atoms with Gasteiger partial charge in [0.15, 0.2) is 0 Å². The average Bonchev–Trinajstić information content (AvgIpc) is 2.39. The first-order valence-corrected chi connectivity index (χ1v) is 7.65. The van der Waals surface area contributed by atoms with Crippen molar-refractivity contribution in [3.05, 3.63) is 29.8 Å². The molecule has 0 aliphatic rings. The van der Waals surface area contributed by atoms with Gasteiger partial charge in [-0.05, 0) is 37.5 Å². The summed E-state index contributed by atoms with van der Waals surface area (Å²) in [6.07, 6.45) is 1.56. The van der Waals surface area contributed by atoms with Crippen LogP contribution in [0.2, 0.25) is 0 Å². The number of rotatable bonds is 9. The lowest BCUT2D eigenvalue weighted by molar-refractivity contribution is -0.107. The largest absolute Gasteiger partial charge is 0.492 e. The predicted molar refractivity (Wildman–Crippen MR) is 82.0 cm³/mol. The molecule has 0 radical (unpaired) electrons. The zero-order chi connectivity index (χ0) is 14.1. The maximum absolute atomic E-state index is 10.7. The van der Waals surface area contributed by atoms with Gasteiger partial charge in [-0.3, -0.25) is 0 Å². The third-order valence-electron chi connectivity index (χ3n) is 2.74. The van der Waals surface area contributed by atoms with Crippen LogP contribution in [0.4, 0.5) is 0 Å². The van der Waals surface area contributed by atoms with E-state index in [1.54, 1.807) is 11.8 Å². The van der Waals surface area contributed by atoms with Crippen LogP contribution in [0.1, 0.15) is 24.2 Å². The van der Waals surface area contributed by atoms with Gasteiger partial charge in [0.25, 0.3) is 0 Å². The van der Waals surface area contributed by atoms with Gasteiger partial charge in [-0.25, -0.2) is 0 Å². The number of nitrogens with zero attached hydrogens (tertiary/aromatic N) is 1. The summed E-state index contributed by atoms with van der Waals surface area (Å²) >= 11 is 1.80. The summed E-state index contributed by atoms with van der Waals surface area (Å²) in [6.45, 7) is 3.70. The molecule has 0 fully saturated rings. The Balaban J connectivity index is 2.55. The molecule has 0 aliphatic carbocycles. The molecule has 0 N–H and O–H groups in total. The highest BCUT2D eigenvalue weighted by molar-refractivity contribution is 7.99. The molecular weight excluding hydrogens is 258 g/mol. The summed E-state index contributed by atoms with van der Waals surface area (Å²) < 4.78 is 5.65. The van der Waals surface area contributed by atoms with E-state index in [9.17, 15) is 4.79 Å². The molecule has 0 saturated heterocycles. The van der Waals surface area contributed by atoms with Crippen molar-refractivity contribution < 1.29 is 9.53 Å². The Morgan fingerprint density at radius 1 is 1.32 bits per heavy atom. The van der Waals surface area contributed by atoms with E-state index in [1.165, 1.54) is 5.56 Å². The van der Waals surface area contributed by atoms with Gasteiger partial charge in [0.1, 0.15) is 18.6 Å². The molecule has 4 heteroatoms. The van der Waals surface area contributed by atoms with Gasteiger partial charge < -0.3 is 14.4 Å². The Bertz CT molecular complexity index is 365. The molecule has 0 heterocycles. The minimum absolute atomic E-state index is 0.262. The third kappa shape index (κ3) is 6.12. The molecule has 0 aliphatic heterocycles. The Morgan fingerprint density at radius 2 is 2.00 bits per heavy atom. The normalized spacial score (nSPS) is 12.4. The van der Waals surface area contributed by atoms with Crippen molar-refractivity contribution in [2.24, 2.45) is 0 Å². The van der Waals surface area contributed by atoms with E-state index >= 15 is 0 Å². The van der Waals surface area contributed by atoms with Crippen LogP contribution < -0.4 is 4.74 Å². The molecular formula is C15H23NO2S. The van der Waals surface area contributed by atoms with E-state index in [0.29, 0.717) is 13.0 Å². The van der Waals surface area contributed by atoms with Crippen LogP contribution >= 0.6 is 11.8 Å². The van der Waals surface area contributed by atoms with Crippen LogP contribution in [0.15, 0.2) is 24.3 Å². The van der Waals surface area contributed by atoms with E-state index in [2.05, 4.69) is 24.0 Å². The minimum atomic E-state index is 0.262. The fourth-order valence-corrected chi connectivity index (χ4v) is 2.68. The number of benzene rings is 1. The van der Waals surface area contributed by atoms with Crippen molar-refractivity contribution in [3.8, 4) is 5.75 Å². The molecule has 0 bridgehead atoms. The second-order valence-electron chi connectivity index (χ2n) is 4.57. The van der Waals surface area contributed by atoms with Crippen LogP contribution in [0.3, 0.4) is 0 Å². The van der Waals surface area contributed by atoms with Gasteiger partial charge in [-0.1, -0.05) is 19.1 Å². The molecule has 0 saturated carbocycles. The molecule has 1 aromatic rings. The van der Waals surface area contributed by atoms with Crippen LogP contribution in [-0.2, 0) is 4.79 Å². The fourth-order valence-electron chi connectivity index (χ4n) is 1.71. The topological polar surface area (TPSA) is 29.5 Å². The number of aldehydes is 1. The molecule has 0 spiro atoms. The maximum Gasteiger partial charge on any atom is 0.121 e. The van der Waals surface area contributed by atoms with Gasteiger partial charge in [-0.2, -0.15) is 11.8 Å². The Morgan fingerprint density at radius 3 is 2.53 bits per heavy atom. The van der Waals surface area contributed by atoms with Crippen LogP contribution in [0, 0.1) is 0 Å². The molecule has 1 rings (SSSR count). The monoisotopic (exact) mass is 281 g/mol. The van der Waals surface area contributed by atoms with Crippen LogP contribution in [-0.4, -0.2) is 44.2 Å². The third-order valence-corrected chi connectivity index (χ3v) is 3.94. The number of hydrogen-bond acceptors (Lipinski definition) is 4. The number of carbonyl (C=O) groups excluding carboxylic acids is 1. The standard InChI is InChI=1S/C15H23NO2S/c1-4-19-15(9-11-17)13-5-7-14(8-6-13)18-12-10-16(2)3/h5-8,11,15H,4,9-10,12H2,1-3H3. The van der Waals surface area contributed by atoms with Crippen molar-refractivity contribution in [2.75, 3.05) is 33.0 Å². The van der Waals surface area contributed by atoms with Crippen LogP contribution in [0.25, 0.3) is 0 Å². The summed E-state index contributed by atoms with van der Waals surface area (Å²) in [5.74, 6) is 1.90. The predicted octanol–water partition coefficient (Wildman–Crippen LogP) is 3.01. The highest BCUT2D eigenvalue weighted by Gasteiger charge is 2.10. The Kier molecular flexibility index (Phi) is 7.60. The summed E-state index contributed by atoms with van der Waals surface area (Å²) in [7, 11) is 4.05. The SMILES string of the molecule is CCSC(CC=O)c1ccc(OCCN(C)C)cc1. The second kappa shape index (κ2) is 8.99. The number of hydrogen-bond donors (Lipinski definition) is 0. The lowest BCUT2D eigenvalue weighted by Crippen LogP contribution is -2.19. The summed E-state index contributed by atoms with van der Waals surface area (Å²) in [5, 5.41) is 0.262. The van der Waals surface area contributed by atoms with E-state index in [4.69, 9.17) is 4.74 Å². The van der Waals surface area contributed by atoms with Gasteiger partial charge in [0.2, 0.25) is 0 Å². The summed E-state index contributed by atoms with van der Waals surface area (Å²) in [5.41, 5.74) is 1.19. The number of likely N-dealkylation sites (N-methyl/N-ethyl adjacent to an activating group) is 1. The average molecular weight is 281 g/mol. The van der Waals surface area contributed by atoms with E-state index in [1.807, 2.05) is 26.2 Å². The molecule has 1 aromatic carbocycles.